The third kappa shape index (κ3) is 3.12. The molecule has 0 bridgehead atoms. The van der Waals surface area contributed by atoms with Crippen LogP contribution in [-0.4, -0.2) is 35.6 Å². The van der Waals surface area contributed by atoms with E-state index in [1.807, 2.05) is 17.0 Å². The highest BCUT2D eigenvalue weighted by Crippen LogP contribution is 2.45. The van der Waals surface area contributed by atoms with E-state index in [9.17, 15) is 9.18 Å². The van der Waals surface area contributed by atoms with Crippen molar-refractivity contribution in [3.05, 3.63) is 62.9 Å². The van der Waals surface area contributed by atoms with Gasteiger partial charge < -0.3 is 9.84 Å². The summed E-state index contributed by atoms with van der Waals surface area (Å²) >= 11 is 3.36. The number of halogens is 2. The van der Waals surface area contributed by atoms with E-state index in [4.69, 9.17) is 9.84 Å². The Morgan fingerprint density at radius 1 is 1.21 bits per heavy atom. The van der Waals surface area contributed by atoms with Gasteiger partial charge >= 0.3 is 5.97 Å². The quantitative estimate of drug-likeness (QED) is 0.767. The van der Waals surface area contributed by atoms with Gasteiger partial charge in [0.15, 0.2) is 0 Å². The maximum absolute atomic E-state index is 14.4. The van der Waals surface area contributed by atoms with Gasteiger partial charge in [-0.15, -0.1) is 0 Å². The first-order valence-electron chi connectivity index (χ1n) is 9.61. The second-order valence-corrected chi connectivity index (χ2v) is 9.34. The fraction of sp³-hybridized carbons (Fsp3) is 0.409. The van der Waals surface area contributed by atoms with Crippen molar-refractivity contribution in [2.24, 2.45) is 5.41 Å². The maximum Gasteiger partial charge on any atom is 0.317 e. The lowest BCUT2D eigenvalue weighted by molar-refractivity contribution is -0.141. The Bertz CT molecular complexity index is 970. The Hall–Kier alpha value is -1.92. The summed E-state index contributed by atoms with van der Waals surface area (Å²) in [6.07, 6.45) is 3.31. The van der Waals surface area contributed by atoms with Crippen molar-refractivity contribution in [1.82, 2.24) is 4.90 Å². The molecule has 1 heterocycles. The van der Waals surface area contributed by atoms with Crippen LogP contribution in [0.4, 0.5) is 4.39 Å². The van der Waals surface area contributed by atoms with E-state index in [-0.39, 0.29) is 23.9 Å². The summed E-state index contributed by atoms with van der Waals surface area (Å²) in [6.45, 7) is 1.79. The Morgan fingerprint density at radius 2 is 2.00 bits per heavy atom. The molecule has 0 aromatic heterocycles. The summed E-state index contributed by atoms with van der Waals surface area (Å²) in [4.78, 5) is 12.9. The highest BCUT2D eigenvalue weighted by Gasteiger charge is 2.47. The van der Waals surface area contributed by atoms with Crippen LogP contribution >= 0.6 is 15.9 Å². The van der Waals surface area contributed by atoms with Crippen LogP contribution in [0.5, 0.6) is 5.75 Å². The van der Waals surface area contributed by atoms with Gasteiger partial charge in [0.2, 0.25) is 0 Å². The molecule has 1 fully saturated rings. The largest absolute Gasteiger partial charge is 0.486 e. The van der Waals surface area contributed by atoms with E-state index in [1.165, 1.54) is 17.2 Å². The summed E-state index contributed by atoms with van der Waals surface area (Å²) in [6, 6.07) is 9.69. The third-order valence-electron chi connectivity index (χ3n) is 6.24. The van der Waals surface area contributed by atoms with Crippen LogP contribution in [0.15, 0.2) is 34.8 Å². The minimum Gasteiger partial charge on any atom is -0.486 e. The Morgan fingerprint density at radius 3 is 2.79 bits per heavy atom. The number of ether oxygens (including phenoxy) is 1. The number of rotatable bonds is 4. The molecule has 28 heavy (non-hydrogen) atoms. The molecule has 2 aromatic rings. The zero-order chi connectivity index (χ0) is 19.5. The number of carbonyl (C=O) groups is 1. The van der Waals surface area contributed by atoms with Crippen molar-refractivity contribution in [1.29, 1.82) is 0 Å². The second kappa shape index (κ2) is 6.56. The van der Waals surface area contributed by atoms with Crippen molar-refractivity contribution in [3.8, 4) is 5.75 Å². The smallest absolute Gasteiger partial charge is 0.317 e. The van der Waals surface area contributed by atoms with Gasteiger partial charge in [0, 0.05) is 28.5 Å². The second-order valence-electron chi connectivity index (χ2n) is 8.43. The lowest BCUT2D eigenvalue weighted by Gasteiger charge is -2.47. The normalized spacial score (nSPS) is 22.0. The molecule has 1 unspecified atom stereocenters. The molecule has 1 aliphatic heterocycles. The first-order chi connectivity index (χ1) is 13.4. The number of aliphatic carboxylic acids is 1. The summed E-state index contributed by atoms with van der Waals surface area (Å²) in [5.74, 6) is -0.185. The Labute approximate surface area is 171 Å². The monoisotopic (exact) mass is 445 g/mol. The molecule has 4 nitrogen and oxygen atoms in total. The number of benzene rings is 2. The fourth-order valence-corrected chi connectivity index (χ4v) is 5.71. The number of hydrogen-bond donors (Lipinski definition) is 1. The van der Waals surface area contributed by atoms with E-state index in [2.05, 4.69) is 28.1 Å². The number of nitrogens with zero attached hydrogens (tertiary/aromatic N) is 1. The first-order valence-corrected chi connectivity index (χ1v) is 10.4. The van der Waals surface area contributed by atoms with Gasteiger partial charge in [-0.3, -0.25) is 9.69 Å². The van der Waals surface area contributed by atoms with Crippen molar-refractivity contribution >= 4 is 21.9 Å². The van der Waals surface area contributed by atoms with Crippen molar-refractivity contribution in [2.45, 2.75) is 31.8 Å². The molecule has 5 rings (SSSR count). The van der Waals surface area contributed by atoms with Crippen molar-refractivity contribution in [3.63, 3.8) is 0 Å². The summed E-state index contributed by atoms with van der Waals surface area (Å²) < 4.78 is 21.4. The number of carboxylic acids is 1. The van der Waals surface area contributed by atoms with Gasteiger partial charge in [-0.05, 0) is 66.6 Å². The maximum atomic E-state index is 14.4. The molecule has 1 N–H and O–H groups in total. The van der Waals surface area contributed by atoms with E-state index in [1.54, 1.807) is 0 Å². The Balaban J connectivity index is 1.30. The molecule has 3 aliphatic rings. The predicted molar refractivity (Wildman–Crippen MR) is 106 cm³/mol. The van der Waals surface area contributed by atoms with Crippen LogP contribution in [0, 0.1) is 11.2 Å². The number of carboxylic acid groups (broad SMARTS) is 1. The Kier molecular flexibility index (Phi) is 4.25. The minimum absolute atomic E-state index is 0.120. The number of fused-ring (bicyclic) bond motifs is 2. The van der Waals surface area contributed by atoms with E-state index in [0.717, 1.165) is 54.6 Å². The van der Waals surface area contributed by atoms with Crippen molar-refractivity contribution in [2.75, 3.05) is 19.6 Å². The molecule has 6 heteroatoms. The topological polar surface area (TPSA) is 49.8 Å². The van der Waals surface area contributed by atoms with E-state index in [0.29, 0.717) is 5.56 Å². The van der Waals surface area contributed by atoms with Crippen LogP contribution in [-0.2, 0) is 24.1 Å². The predicted octanol–water partition coefficient (Wildman–Crippen LogP) is 4.14. The van der Waals surface area contributed by atoms with Crippen LogP contribution in [0.25, 0.3) is 0 Å². The fourth-order valence-electron chi connectivity index (χ4n) is 5.23. The van der Waals surface area contributed by atoms with Gasteiger partial charge in [0.1, 0.15) is 17.7 Å². The van der Waals surface area contributed by atoms with Gasteiger partial charge in [-0.2, -0.15) is 0 Å². The highest BCUT2D eigenvalue weighted by molar-refractivity contribution is 9.10. The molecular weight excluding hydrogens is 425 g/mol. The molecule has 1 atom stereocenters. The number of likely N-dealkylation sites (tertiary alicyclic amines) is 1. The summed E-state index contributed by atoms with van der Waals surface area (Å²) in [5.41, 5.74) is 4.48. The molecule has 0 amide bonds. The van der Waals surface area contributed by atoms with E-state index < -0.39 is 5.97 Å². The number of hydrogen-bond acceptors (Lipinski definition) is 3. The van der Waals surface area contributed by atoms with Gasteiger partial charge in [-0.1, -0.05) is 22.0 Å². The summed E-state index contributed by atoms with van der Waals surface area (Å²) in [7, 11) is 0. The van der Waals surface area contributed by atoms with E-state index >= 15 is 0 Å². The lowest BCUT2D eigenvalue weighted by atomic mass is 9.77. The van der Waals surface area contributed by atoms with Crippen LogP contribution < -0.4 is 4.74 Å². The molecule has 0 saturated carbocycles. The molecular formula is C22H21BrFNO3. The summed E-state index contributed by atoms with van der Waals surface area (Å²) in [5, 5.41) is 8.94. The zero-order valence-electron chi connectivity index (χ0n) is 15.4. The average Bonchev–Trinajstić information content (AvgIpc) is 3.15. The molecule has 2 aromatic carbocycles. The zero-order valence-corrected chi connectivity index (χ0v) is 17.0. The van der Waals surface area contributed by atoms with Gasteiger partial charge in [0.05, 0.1) is 6.54 Å². The molecule has 1 saturated heterocycles. The molecule has 0 radical (unpaired) electrons. The van der Waals surface area contributed by atoms with Crippen molar-refractivity contribution < 1.29 is 19.0 Å². The minimum atomic E-state index is -0.767. The van der Waals surface area contributed by atoms with Gasteiger partial charge in [0.25, 0.3) is 0 Å². The highest BCUT2D eigenvalue weighted by atomic mass is 79.9. The first kappa shape index (κ1) is 18.1. The third-order valence-corrected chi connectivity index (χ3v) is 6.70. The van der Waals surface area contributed by atoms with Crippen LogP contribution in [0.1, 0.15) is 34.8 Å². The van der Waals surface area contributed by atoms with Crippen LogP contribution in [0.2, 0.25) is 0 Å². The lowest BCUT2D eigenvalue weighted by Crippen LogP contribution is -2.58. The molecule has 1 spiro atoms. The molecule has 2 aliphatic carbocycles. The standard InChI is InChI=1S/C22H21BrFNO3/c23-16-5-13-2-4-19(21(13)18(24)7-16)28-17-3-1-14-8-22(9-15(14)6-17)11-25(12-22)10-20(26)27/h1,3,5-7,19H,2,4,8-12H2,(H,26,27). The van der Waals surface area contributed by atoms with Crippen LogP contribution in [0.3, 0.4) is 0 Å². The molecule has 146 valence electrons. The average molecular weight is 446 g/mol. The number of aryl methyl sites for hydroxylation is 1. The van der Waals surface area contributed by atoms with Gasteiger partial charge in [-0.25, -0.2) is 4.39 Å². The SMILES string of the molecule is O=C(O)CN1CC2(Cc3ccc(OC4CCc5cc(Br)cc(F)c54)cc3C2)C1.